The van der Waals surface area contributed by atoms with E-state index >= 15 is 0 Å². The molecule has 2 heterocycles. The maximum Gasteiger partial charge on any atom is 0.169 e. The summed E-state index contributed by atoms with van der Waals surface area (Å²) in [5, 5.41) is 0.352. The average Bonchev–Trinajstić information content (AvgIpc) is 2.47. The third kappa shape index (κ3) is 2.67. The summed E-state index contributed by atoms with van der Waals surface area (Å²) >= 11 is 1.67. The number of aromatic nitrogens is 1. The molecule has 2 aromatic rings. The van der Waals surface area contributed by atoms with Crippen molar-refractivity contribution in [2.75, 3.05) is 34.9 Å². The van der Waals surface area contributed by atoms with Crippen LogP contribution in [0.25, 0.3) is 10.9 Å². The van der Waals surface area contributed by atoms with Crippen LogP contribution in [0.2, 0.25) is 0 Å². The first-order valence-corrected chi connectivity index (χ1v) is 9.76. The molecule has 0 amide bonds. The lowest BCUT2D eigenvalue weighted by Crippen LogP contribution is -2.47. The van der Waals surface area contributed by atoms with Gasteiger partial charge in [-0.1, -0.05) is 0 Å². The van der Waals surface area contributed by atoms with E-state index in [2.05, 4.69) is 4.98 Å². The van der Waals surface area contributed by atoms with Crippen molar-refractivity contribution in [3.8, 4) is 0 Å². The molecule has 0 radical (unpaired) electrons. The third-order valence-corrected chi connectivity index (χ3v) is 6.31. The highest BCUT2D eigenvalue weighted by Crippen LogP contribution is 2.33. The second-order valence-electron chi connectivity index (χ2n) is 5.13. The van der Waals surface area contributed by atoms with Gasteiger partial charge in [0.1, 0.15) is 5.37 Å². The Hall–Kier alpha value is -1.47. The van der Waals surface area contributed by atoms with Crippen molar-refractivity contribution in [1.82, 2.24) is 4.98 Å². The van der Waals surface area contributed by atoms with Crippen LogP contribution < -0.4 is 10.6 Å². The molecule has 2 N–H and O–H groups in total. The first kappa shape index (κ1) is 14.5. The molecule has 7 heteroatoms. The minimum Gasteiger partial charge on any atom is -0.398 e. The molecule has 3 rings (SSSR count). The SMILES string of the molecule is CS(=O)(=O)C1CSCCN1c1ccc(N)c2cccnc12. The van der Waals surface area contributed by atoms with Crippen molar-refractivity contribution >= 4 is 43.9 Å². The second-order valence-corrected chi connectivity index (χ2v) is 8.48. The highest BCUT2D eigenvalue weighted by Gasteiger charge is 2.32. The van der Waals surface area contributed by atoms with E-state index in [9.17, 15) is 8.42 Å². The molecule has 0 aliphatic carbocycles. The second kappa shape index (κ2) is 5.38. The fourth-order valence-electron chi connectivity index (χ4n) is 2.62. The van der Waals surface area contributed by atoms with Gasteiger partial charge >= 0.3 is 0 Å². The number of nitrogen functional groups attached to an aromatic ring is 1. The van der Waals surface area contributed by atoms with E-state index in [-0.39, 0.29) is 0 Å². The van der Waals surface area contributed by atoms with Gasteiger partial charge in [0.25, 0.3) is 0 Å². The highest BCUT2D eigenvalue weighted by atomic mass is 32.2. The number of rotatable bonds is 2. The van der Waals surface area contributed by atoms with Crippen LogP contribution in [0, 0.1) is 0 Å². The molecule has 1 aromatic heterocycles. The molecule has 0 spiro atoms. The normalized spacial score (nSPS) is 19.9. The first-order chi connectivity index (χ1) is 9.98. The van der Waals surface area contributed by atoms with Crippen LogP contribution in [0.15, 0.2) is 30.5 Å². The molecule has 1 fully saturated rings. The molecular formula is C14H17N3O2S2. The van der Waals surface area contributed by atoms with Gasteiger partial charge in [0.05, 0.1) is 11.2 Å². The van der Waals surface area contributed by atoms with Gasteiger partial charge < -0.3 is 10.6 Å². The topological polar surface area (TPSA) is 76.3 Å². The molecule has 21 heavy (non-hydrogen) atoms. The maximum absolute atomic E-state index is 12.1. The van der Waals surface area contributed by atoms with Crippen LogP contribution in [0.3, 0.4) is 0 Å². The lowest BCUT2D eigenvalue weighted by atomic mass is 10.1. The summed E-state index contributed by atoms with van der Waals surface area (Å²) in [6, 6.07) is 7.44. The molecule has 1 aliphatic rings. The Labute approximate surface area is 128 Å². The van der Waals surface area contributed by atoms with Crippen molar-refractivity contribution in [3.63, 3.8) is 0 Å². The van der Waals surface area contributed by atoms with Crippen LogP contribution in [-0.2, 0) is 9.84 Å². The van der Waals surface area contributed by atoms with Crippen molar-refractivity contribution in [1.29, 1.82) is 0 Å². The van der Waals surface area contributed by atoms with E-state index < -0.39 is 15.2 Å². The fraction of sp³-hybridized carbons (Fsp3) is 0.357. The van der Waals surface area contributed by atoms with Gasteiger partial charge in [-0.25, -0.2) is 8.42 Å². The zero-order chi connectivity index (χ0) is 15.0. The van der Waals surface area contributed by atoms with E-state index in [4.69, 9.17) is 5.73 Å². The average molecular weight is 323 g/mol. The standard InChI is InChI=1S/C14H17N3O2S2/c1-21(18,19)13-9-20-8-7-17(13)12-5-4-11(15)10-3-2-6-16-14(10)12/h2-6,13H,7-9,15H2,1H3. The molecule has 1 saturated heterocycles. The van der Waals surface area contributed by atoms with Gasteiger partial charge in [-0.2, -0.15) is 11.8 Å². The van der Waals surface area contributed by atoms with E-state index in [1.54, 1.807) is 18.0 Å². The predicted octanol–water partition coefficient (Wildman–Crippen LogP) is 1.74. The van der Waals surface area contributed by atoms with E-state index in [1.165, 1.54) is 6.26 Å². The monoisotopic (exact) mass is 323 g/mol. The molecule has 5 nitrogen and oxygen atoms in total. The number of thioether (sulfide) groups is 1. The Morgan fingerprint density at radius 2 is 2.19 bits per heavy atom. The van der Waals surface area contributed by atoms with Gasteiger partial charge in [0, 0.05) is 41.6 Å². The third-order valence-electron chi connectivity index (χ3n) is 3.67. The number of benzene rings is 1. The molecule has 0 bridgehead atoms. The first-order valence-electron chi connectivity index (χ1n) is 6.65. The number of anilines is 2. The van der Waals surface area contributed by atoms with Gasteiger partial charge in [-0.15, -0.1) is 0 Å². The summed E-state index contributed by atoms with van der Waals surface area (Å²) in [5.74, 6) is 1.49. The lowest BCUT2D eigenvalue weighted by Gasteiger charge is -2.36. The highest BCUT2D eigenvalue weighted by molar-refractivity contribution is 8.01. The minimum atomic E-state index is -3.16. The van der Waals surface area contributed by atoms with E-state index in [1.807, 2.05) is 29.2 Å². The molecule has 1 unspecified atom stereocenters. The van der Waals surface area contributed by atoms with Gasteiger partial charge in [0.15, 0.2) is 9.84 Å². The van der Waals surface area contributed by atoms with Crippen molar-refractivity contribution in [2.24, 2.45) is 0 Å². The Kier molecular flexibility index (Phi) is 3.71. The largest absolute Gasteiger partial charge is 0.398 e. The van der Waals surface area contributed by atoms with Gasteiger partial charge in [-0.05, 0) is 24.3 Å². The molecule has 1 aromatic carbocycles. The van der Waals surface area contributed by atoms with Crippen LogP contribution in [0.5, 0.6) is 0 Å². The lowest BCUT2D eigenvalue weighted by molar-refractivity contribution is 0.584. The number of nitrogens with two attached hydrogens (primary N) is 1. The fourth-order valence-corrected chi connectivity index (χ4v) is 5.46. The smallest absolute Gasteiger partial charge is 0.169 e. The van der Waals surface area contributed by atoms with Crippen molar-refractivity contribution < 1.29 is 8.42 Å². The summed E-state index contributed by atoms with van der Waals surface area (Å²) in [6.07, 6.45) is 3.00. The van der Waals surface area contributed by atoms with Crippen LogP contribution in [0.4, 0.5) is 11.4 Å². The molecule has 1 aliphatic heterocycles. The zero-order valence-corrected chi connectivity index (χ0v) is 13.3. The molecular weight excluding hydrogens is 306 g/mol. The summed E-state index contributed by atoms with van der Waals surface area (Å²) in [7, 11) is -3.16. The Morgan fingerprint density at radius 1 is 1.38 bits per heavy atom. The van der Waals surface area contributed by atoms with Crippen LogP contribution >= 0.6 is 11.8 Å². The van der Waals surface area contributed by atoms with Gasteiger partial charge in [0.2, 0.25) is 0 Å². The molecule has 1 atom stereocenters. The number of hydrogen-bond donors (Lipinski definition) is 1. The maximum atomic E-state index is 12.1. The summed E-state index contributed by atoms with van der Waals surface area (Å²) in [4.78, 5) is 6.36. The zero-order valence-electron chi connectivity index (χ0n) is 11.7. The minimum absolute atomic E-state index is 0.509. The Balaban J connectivity index is 2.17. The van der Waals surface area contributed by atoms with Gasteiger partial charge in [-0.3, -0.25) is 4.98 Å². The summed E-state index contributed by atoms with van der Waals surface area (Å²) in [6.45, 7) is 0.692. The number of nitrogens with zero attached hydrogens (tertiary/aromatic N) is 2. The number of hydrogen-bond acceptors (Lipinski definition) is 6. The van der Waals surface area contributed by atoms with Crippen molar-refractivity contribution in [2.45, 2.75) is 5.37 Å². The molecule has 0 saturated carbocycles. The number of pyridine rings is 1. The van der Waals surface area contributed by atoms with E-state index in [0.29, 0.717) is 18.0 Å². The molecule has 112 valence electrons. The summed E-state index contributed by atoms with van der Waals surface area (Å²) in [5.41, 5.74) is 8.26. The number of sulfone groups is 1. The van der Waals surface area contributed by atoms with Crippen LogP contribution in [-0.4, -0.2) is 43.1 Å². The predicted molar refractivity (Wildman–Crippen MR) is 89.5 cm³/mol. The Morgan fingerprint density at radius 3 is 2.95 bits per heavy atom. The number of fused-ring (bicyclic) bond motifs is 1. The van der Waals surface area contributed by atoms with Crippen LogP contribution in [0.1, 0.15) is 0 Å². The van der Waals surface area contributed by atoms with Crippen molar-refractivity contribution in [3.05, 3.63) is 30.5 Å². The quantitative estimate of drug-likeness (QED) is 0.849. The van der Waals surface area contributed by atoms with E-state index in [0.717, 1.165) is 22.3 Å². The Bertz CT molecular complexity index is 777. The summed E-state index contributed by atoms with van der Waals surface area (Å²) < 4.78 is 24.1.